The molecule has 4 heteroatoms. The average Bonchev–Trinajstić information content (AvgIpc) is 2.63. The van der Waals surface area contributed by atoms with Gasteiger partial charge in [0.15, 0.2) is 0 Å². The van der Waals surface area contributed by atoms with Gasteiger partial charge in [-0.25, -0.2) is 0 Å². The molecule has 0 saturated carbocycles. The second-order valence-corrected chi connectivity index (χ2v) is 6.66. The number of fused-ring (bicyclic) bond motifs is 1. The van der Waals surface area contributed by atoms with E-state index in [9.17, 15) is 9.90 Å². The van der Waals surface area contributed by atoms with Gasteiger partial charge in [0, 0.05) is 18.0 Å². The van der Waals surface area contributed by atoms with E-state index < -0.39 is 0 Å². The van der Waals surface area contributed by atoms with Gasteiger partial charge < -0.3 is 10.4 Å². The van der Waals surface area contributed by atoms with E-state index >= 15 is 0 Å². The summed E-state index contributed by atoms with van der Waals surface area (Å²) in [6.45, 7) is 2.24. The topological polar surface area (TPSA) is 62.2 Å². The van der Waals surface area contributed by atoms with Gasteiger partial charge in [-0.15, -0.1) is 0 Å². The van der Waals surface area contributed by atoms with Gasteiger partial charge in [-0.3, -0.25) is 9.78 Å². The fourth-order valence-corrected chi connectivity index (χ4v) is 3.08. The third-order valence-electron chi connectivity index (χ3n) is 4.53. The lowest BCUT2D eigenvalue weighted by Gasteiger charge is -2.09. The number of pyridine rings is 1. The number of benzene rings is 1. The van der Waals surface area contributed by atoms with E-state index in [4.69, 9.17) is 0 Å². The number of carbonyl (C=O) groups is 1. The molecule has 1 heterocycles. The number of amides is 1. The van der Waals surface area contributed by atoms with E-state index in [1.807, 2.05) is 6.07 Å². The molecule has 0 saturated heterocycles. The van der Waals surface area contributed by atoms with Crippen molar-refractivity contribution in [2.75, 3.05) is 5.32 Å². The molecular formula is C21H30N2O2. The molecule has 0 bridgehead atoms. The number of rotatable bonds is 11. The molecule has 0 radical (unpaired) electrons. The number of anilines is 1. The third kappa shape index (κ3) is 6.37. The number of hydrogen-bond acceptors (Lipinski definition) is 3. The highest BCUT2D eigenvalue weighted by molar-refractivity contribution is 6.02. The van der Waals surface area contributed by atoms with Crippen molar-refractivity contribution < 1.29 is 9.90 Å². The summed E-state index contributed by atoms with van der Waals surface area (Å²) in [5.41, 5.74) is 1.23. The molecule has 2 N–H and O–H groups in total. The van der Waals surface area contributed by atoms with Crippen molar-refractivity contribution >= 4 is 22.5 Å². The molecular weight excluding hydrogens is 312 g/mol. The highest BCUT2D eigenvalue weighted by atomic mass is 16.3. The summed E-state index contributed by atoms with van der Waals surface area (Å²) in [7, 11) is 0. The SMILES string of the molecule is CCCCCCCCCCCC(=O)Nc1ccc(O)c2ncccc12. The van der Waals surface area contributed by atoms with Crippen LogP contribution in [0.15, 0.2) is 30.5 Å². The van der Waals surface area contributed by atoms with Crippen LogP contribution in [0.5, 0.6) is 5.75 Å². The first-order chi connectivity index (χ1) is 12.2. The molecule has 25 heavy (non-hydrogen) atoms. The summed E-state index contributed by atoms with van der Waals surface area (Å²) in [5, 5.41) is 13.6. The molecule has 4 nitrogen and oxygen atoms in total. The minimum absolute atomic E-state index is 0.0267. The molecule has 0 aliphatic rings. The Balaban J connectivity index is 1.69. The van der Waals surface area contributed by atoms with Crippen molar-refractivity contribution in [2.45, 2.75) is 71.1 Å². The van der Waals surface area contributed by atoms with Crippen LogP contribution in [0.3, 0.4) is 0 Å². The second kappa shape index (κ2) is 10.7. The van der Waals surface area contributed by atoms with Gasteiger partial charge in [0.2, 0.25) is 5.91 Å². The number of carbonyl (C=O) groups excluding carboxylic acids is 1. The van der Waals surface area contributed by atoms with Crippen molar-refractivity contribution in [3.05, 3.63) is 30.5 Å². The van der Waals surface area contributed by atoms with Crippen molar-refractivity contribution in [3.63, 3.8) is 0 Å². The lowest BCUT2D eigenvalue weighted by molar-refractivity contribution is -0.116. The lowest BCUT2D eigenvalue weighted by atomic mass is 10.1. The normalized spacial score (nSPS) is 10.9. The number of aromatic hydroxyl groups is 1. The van der Waals surface area contributed by atoms with E-state index in [1.54, 1.807) is 24.4 Å². The first-order valence-electron chi connectivity index (χ1n) is 9.59. The molecule has 1 aromatic heterocycles. The predicted molar refractivity (Wildman–Crippen MR) is 104 cm³/mol. The monoisotopic (exact) mass is 342 g/mol. The molecule has 0 fully saturated rings. The molecule has 0 unspecified atom stereocenters. The standard InChI is InChI=1S/C21H30N2O2/c1-2-3-4-5-6-7-8-9-10-13-20(25)23-18-14-15-19(24)21-17(18)12-11-16-22-21/h11-12,14-16,24H,2-10,13H2,1H3,(H,23,25). The molecule has 1 amide bonds. The Bertz CT molecular complexity index is 670. The zero-order valence-electron chi connectivity index (χ0n) is 15.3. The van der Waals surface area contributed by atoms with Crippen molar-refractivity contribution in [3.8, 4) is 5.75 Å². The Kier molecular flexibility index (Phi) is 8.23. The molecule has 1 aromatic carbocycles. The van der Waals surface area contributed by atoms with Crippen LogP contribution in [0.2, 0.25) is 0 Å². The van der Waals surface area contributed by atoms with Crippen LogP contribution in [0, 0.1) is 0 Å². The Hall–Kier alpha value is -2.10. The number of unbranched alkanes of at least 4 members (excludes halogenated alkanes) is 8. The van der Waals surface area contributed by atoms with E-state index in [0.29, 0.717) is 17.6 Å². The van der Waals surface area contributed by atoms with Crippen molar-refractivity contribution in [2.24, 2.45) is 0 Å². The van der Waals surface area contributed by atoms with E-state index in [2.05, 4.69) is 17.2 Å². The van der Waals surface area contributed by atoms with Crippen molar-refractivity contribution in [1.82, 2.24) is 4.98 Å². The Morgan fingerprint density at radius 2 is 1.68 bits per heavy atom. The summed E-state index contributed by atoms with van der Waals surface area (Å²) >= 11 is 0. The highest BCUT2D eigenvalue weighted by Crippen LogP contribution is 2.29. The van der Waals surface area contributed by atoms with Gasteiger partial charge in [-0.2, -0.15) is 0 Å². The van der Waals surface area contributed by atoms with Crippen LogP contribution in [0.25, 0.3) is 10.9 Å². The number of nitrogens with zero attached hydrogens (tertiary/aromatic N) is 1. The molecule has 2 aromatic rings. The average molecular weight is 342 g/mol. The van der Waals surface area contributed by atoms with Gasteiger partial charge in [-0.05, 0) is 30.7 Å². The van der Waals surface area contributed by atoms with Gasteiger partial charge in [0.1, 0.15) is 11.3 Å². The van der Waals surface area contributed by atoms with E-state index in [1.165, 1.54) is 44.9 Å². The summed E-state index contributed by atoms with van der Waals surface area (Å²) in [4.78, 5) is 16.3. The van der Waals surface area contributed by atoms with Crippen LogP contribution in [0.4, 0.5) is 5.69 Å². The maximum atomic E-state index is 12.2. The second-order valence-electron chi connectivity index (χ2n) is 6.66. The Morgan fingerprint density at radius 1 is 1.00 bits per heavy atom. The number of hydrogen-bond donors (Lipinski definition) is 2. The van der Waals surface area contributed by atoms with Crippen molar-refractivity contribution in [1.29, 1.82) is 0 Å². The fraction of sp³-hybridized carbons (Fsp3) is 0.524. The quantitative estimate of drug-likeness (QED) is 0.401. The lowest BCUT2D eigenvalue weighted by Crippen LogP contribution is -2.11. The number of phenols is 1. The smallest absolute Gasteiger partial charge is 0.224 e. The van der Waals surface area contributed by atoms with Crippen LogP contribution >= 0.6 is 0 Å². The maximum absolute atomic E-state index is 12.2. The maximum Gasteiger partial charge on any atom is 0.224 e. The van der Waals surface area contributed by atoms with E-state index in [-0.39, 0.29) is 11.7 Å². The number of nitrogens with one attached hydrogen (secondary N) is 1. The zero-order chi connectivity index (χ0) is 17.9. The van der Waals surface area contributed by atoms with Crippen LogP contribution in [-0.2, 0) is 4.79 Å². The summed E-state index contributed by atoms with van der Waals surface area (Å²) in [5.74, 6) is 0.159. The van der Waals surface area contributed by atoms with Gasteiger partial charge >= 0.3 is 0 Å². The molecule has 2 rings (SSSR count). The van der Waals surface area contributed by atoms with Crippen LogP contribution in [0.1, 0.15) is 71.1 Å². The minimum Gasteiger partial charge on any atom is -0.506 e. The molecule has 0 aliphatic heterocycles. The number of aromatic nitrogens is 1. The highest BCUT2D eigenvalue weighted by Gasteiger charge is 2.09. The van der Waals surface area contributed by atoms with Crippen LogP contribution < -0.4 is 5.32 Å². The Morgan fingerprint density at radius 3 is 2.40 bits per heavy atom. The summed E-state index contributed by atoms with van der Waals surface area (Å²) in [6, 6.07) is 6.96. The molecule has 0 aliphatic carbocycles. The minimum atomic E-state index is 0.0267. The third-order valence-corrected chi connectivity index (χ3v) is 4.53. The first-order valence-corrected chi connectivity index (χ1v) is 9.59. The molecule has 0 atom stereocenters. The largest absolute Gasteiger partial charge is 0.506 e. The van der Waals surface area contributed by atoms with Gasteiger partial charge in [-0.1, -0.05) is 58.3 Å². The first kappa shape index (κ1) is 19.2. The van der Waals surface area contributed by atoms with Gasteiger partial charge in [0.05, 0.1) is 5.69 Å². The van der Waals surface area contributed by atoms with Crippen LogP contribution in [-0.4, -0.2) is 16.0 Å². The van der Waals surface area contributed by atoms with E-state index in [0.717, 1.165) is 18.2 Å². The fourth-order valence-electron chi connectivity index (χ4n) is 3.08. The Labute approximate surface area is 150 Å². The number of phenolic OH excluding ortho intramolecular Hbond substituents is 1. The predicted octanol–water partition coefficient (Wildman–Crippen LogP) is 5.80. The zero-order valence-corrected chi connectivity index (χ0v) is 15.3. The molecule has 136 valence electrons. The summed E-state index contributed by atoms with van der Waals surface area (Å²) < 4.78 is 0. The van der Waals surface area contributed by atoms with Gasteiger partial charge in [0.25, 0.3) is 0 Å². The summed E-state index contributed by atoms with van der Waals surface area (Å²) in [6.07, 6.45) is 13.4. The molecule has 0 spiro atoms.